The van der Waals surface area contributed by atoms with Crippen LogP contribution in [0.15, 0.2) is 0 Å². The molecule has 1 N–H and O–H groups in total. The lowest BCUT2D eigenvalue weighted by molar-refractivity contribution is 0.0560. The van der Waals surface area contributed by atoms with Crippen LogP contribution in [-0.4, -0.2) is 35.6 Å². The zero-order valence-corrected chi connectivity index (χ0v) is 13.9. The van der Waals surface area contributed by atoms with E-state index in [1.165, 1.54) is 57.9 Å². The monoisotopic (exact) mass is 290 g/mol. The highest BCUT2D eigenvalue weighted by Crippen LogP contribution is 2.45. The summed E-state index contributed by atoms with van der Waals surface area (Å²) in [5.74, 6) is 2.21. The number of nitrogens with zero attached hydrogens (tertiary/aromatic N) is 1. The van der Waals surface area contributed by atoms with Gasteiger partial charge in [-0.25, -0.2) is 0 Å². The predicted octanol–water partition coefficient (Wildman–Crippen LogP) is 3.95. The molecule has 4 aliphatic rings. The van der Waals surface area contributed by atoms with Crippen LogP contribution in [0.25, 0.3) is 0 Å². The average Bonchev–Trinajstić information content (AvgIpc) is 3.31. The number of piperidine rings is 1. The standard InChI is InChI=1S/C19H34N2/c1-2-10-21(19-12-16-8-9-17(13-19)20-16)18-5-3-4-15(11-18)14-6-7-14/h14-20H,2-13H2,1H3. The fraction of sp³-hybridized carbons (Fsp3) is 1.00. The predicted molar refractivity (Wildman–Crippen MR) is 88.4 cm³/mol. The van der Waals surface area contributed by atoms with Crippen molar-refractivity contribution in [2.75, 3.05) is 6.54 Å². The molecule has 2 saturated heterocycles. The van der Waals surface area contributed by atoms with E-state index in [1.54, 1.807) is 19.3 Å². The Morgan fingerprint density at radius 2 is 1.57 bits per heavy atom. The molecule has 0 aromatic carbocycles. The van der Waals surface area contributed by atoms with E-state index < -0.39 is 0 Å². The first-order chi connectivity index (χ1) is 10.3. The van der Waals surface area contributed by atoms with Crippen LogP contribution in [0.1, 0.15) is 77.6 Å². The Bertz CT molecular complexity index is 339. The first-order valence-electron chi connectivity index (χ1n) is 9.85. The minimum absolute atomic E-state index is 0.843. The molecule has 0 aromatic heterocycles. The zero-order valence-electron chi connectivity index (χ0n) is 13.9. The summed E-state index contributed by atoms with van der Waals surface area (Å²) in [6.45, 7) is 3.73. The highest BCUT2D eigenvalue weighted by molar-refractivity contribution is 4.98. The molecule has 4 atom stereocenters. The molecular weight excluding hydrogens is 256 g/mol. The molecule has 0 aromatic rings. The van der Waals surface area contributed by atoms with Crippen molar-refractivity contribution >= 4 is 0 Å². The van der Waals surface area contributed by atoms with E-state index in [-0.39, 0.29) is 0 Å². The summed E-state index contributed by atoms with van der Waals surface area (Å²) in [7, 11) is 0. The minimum Gasteiger partial charge on any atom is -0.311 e. The van der Waals surface area contributed by atoms with Gasteiger partial charge in [-0.2, -0.15) is 0 Å². The molecule has 2 aliphatic heterocycles. The second kappa shape index (κ2) is 6.20. The maximum atomic E-state index is 3.83. The van der Waals surface area contributed by atoms with Crippen molar-refractivity contribution in [1.82, 2.24) is 10.2 Å². The van der Waals surface area contributed by atoms with Crippen LogP contribution >= 0.6 is 0 Å². The second-order valence-corrected chi connectivity index (χ2v) is 8.42. The van der Waals surface area contributed by atoms with E-state index in [1.807, 2.05) is 0 Å². The molecule has 21 heavy (non-hydrogen) atoms. The molecule has 2 saturated carbocycles. The average molecular weight is 290 g/mol. The molecule has 2 aliphatic carbocycles. The van der Waals surface area contributed by atoms with Crippen LogP contribution in [0.4, 0.5) is 0 Å². The lowest BCUT2D eigenvalue weighted by Crippen LogP contribution is -2.52. The maximum Gasteiger partial charge on any atom is 0.0128 e. The molecule has 2 heteroatoms. The van der Waals surface area contributed by atoms with Gasteiger partial charge in [0.15, 0.2) is 0 Å². The molecular formula is C19H34N2. The van der Waals surface area contributed by atoms with Crippen molar-refractivity contribution in [2.45, 2.75) is 102 Å². The smallest absolute Gasteiger partial charge is 0.0128 e. The highest BCUT2D eigenvalue weighted by Gasteiger charge is 2.41. The van der Waals surface area contributed by atoms with Crippen molar-refractivity contribution < 1.29 is 0 Å². The lowest BCUT2D eigenvalue weighted by atomic mass is 9.81. The van der Waals surface area contributed by atoms with Gasteiger partial charge in [-0.15, -0.1) is 0 Å². The highest BCUT2D eigenvalue weighted by atomic mass is 15.2. The SMILES string of the molecule is CCCN(C1CC2CCC(C1)N2)C1CCCC(C2CC2)C1. The van der Waals surface area contributed by atoms with Crippen LogP contribution in [0.5, 0.6) is 0 Å². The summed E-state index contributed by atoms with van der Waals surface area (Å²) in [5.41, 5.74) is 0. The minimum atomic E-state index is 0.843. The second-order valence-electron chi connectivity index (χ2n) is 8.42. The van der Waals surface area contributed by atoms with Crippen molar-refractivity contribution in [1.29, 1.82) is 0 Å². The van der Waals surface area contributed by atoms with Crippen molar-refractivity contribution in [3.63, 3.8) is 0 Å². The summed E-state index contributed by atoms with van der Waals surface area (Å²) in [4.78, 5) is 2.99. The van der Waals surface area contributed by atoms with Gasteiger partial charge in [0, 0.05) is 24.2 Å². The van der Waals surface area contributed by atoms with Gasteiger partial charge < -0.3 is 5.32 Å². The summed E-state index contributed by atoms with van der Waals surface area (Å²) in [6.07, 6.45) is 16.2. The third-order valence-corrected chi connectivity index (χ3v) is 6.84. The normalized spacial score (nSPS) is 43.4. The first-order valence-corrected chi connectivity index (χ1v) is 9.85. The van der Waals surface area contributed by atoms with E-state index in [2.05, 4.69) is 17.1 Å². The van der Waals surface area contributed by atoms with Crippen LogP contribution in [0.2, 0.25) is 0 Å². The van der Waals surface area contributed by atoms with Gasteiger partial charge in [-0.1, -0.05) is 19.8 Å². The van der Waals surface area contributed by atoms with Crippen LogP contribution in [-0.2, 0) is 0 Å². The van der Waals surface area contributed by atoms with Gasteiger partial charge in [0.1, 0.15) is 0 Å². The molecule has 2 heterocycles. The molecule has 2 bridgehead atoms. The van der Waals surface area contributed by atoms with Gasteiger partial charge in [-0.05, 0) is 76.2 Å². The fourth-order valence-electron chi connectivity index (χ4n) is 5.72. The molecule has 0 amide bonds. The molecule has 4 fully saturated rings. The molecule has 4 unspecified atom stereocenters. The topological polar surface area (TPSA) is 15.3 Å². The summed E-state index contributed by atoms with van der Waals surface area (Å²) in [6, 6.07) is 3.50. The molecule has 4 rings (SSSR count). The Hall–Kier alpha value is -0.0800. The van der Waals surface area contributed by atoms with Crippen LogP contribution < -0.4 is 5.32 Å². The Morgan fingerprint density at radius 3 is 2.24 bits per heavy atom. The van der Waals surface area contributed by atoms with Gasteiger partial charge in [0.05, 0.1) is 0 Å². The Kier molecular flexibility index (Phi) is 4.28. The lowest BCUT2D eigenvalue weighted by Gasteiger charge is -2.45. The molecule has 0 spiro atoms. The quantitative estimate of drug-likeness (QED) is 0.825. The Labute approximate surface area is 131 Å². The number of rotatable bonds is 5. The van der Waals surface area contributed by atoms with Crippen molar-refractivity contribution in [3.05, 3.63) is 0 Å². The Balaban J connectivity index is 1.42. The van der Waals surface area contributed by atoms with E-state index >= 15 is 0 Å². The summed E-state index contributed by atoms with van der Waals surface area (Å²) >= 11 is 0. The van der Waals surface area contributed by atoms with Crippen LogP contribution in [0, 0.1) is 11.8 Å². The largest absolute Gasteiger partial charge is 0.311 e. The number of hydrogen-bond acceptors (Lipinski definition) is 2. The third-order valence-electron chi connectivity index (χ3n) is 6.84. The number of fused-ring (bicyclic) bond motifs is 2. The summed E-state index contributed by atoms with van der Waals surface area (Å²) in [5, 5.41) is 3.83. The maximum absolute atomic E-state index is 3.83. The van der Waals surface area contributed by atoms with E-state index in [0.29, 0.717) is 0 Å². The zero-order chi connectivity index (χ0) is 14.2. The van der Waals surface area contributed by atoms with Crippen molar-refractivity contribution in [2.24, 2.45) is 11.8 Å². The van der Waals surface area contributed by atoms with E-state index in [4.69, 9.17) is 0 Å². The van der Waals surface area contributed by atoms with Gasteiger partial charge in [-0.3, -0.25) is 4.90 Å². The molecule has 120 valence electrons. The van der Waals surface area contributed by atoms with Crippen molar-refractivity contribution in [3.8, 4) is 0 Å². The molecule has 0 radical (unpaired) electrons. The number of nitrogens with one attached hydrogen (secondary N) is 1. The number of hydrogen-bond donors (Lipinski definition) is 1. The summed E-state index contributed by atoms with van der Waals surface area (Å²) < 4.78 is 0. The van der Waals surface area contributed by atoms with Gasteiger partial charge in [0.25, 0.3) is 0 Å². The van der Waals surface area contributed by atoms with E-state index in [9.17, 15) is 0 Å². The first kappa shape index (κ1) is 14.5. The van der Waals surface area contributed by atoms with E-state index in [0.717, 1.165) is 36.0 Å². The third kappa shape index (κ3) is 3.17. The molecule has 2 nitrogen and oxygen atoms in total. The fourth-order valence-corrected chi connectivity index (χ4v) is 5.72. The van der Waals surface area contributed by atoms with Crippen LogP contribution in [0.3, 0.4) is 0 Å². The Morgan fingerprint density at radius 1 is 0.810 bits per heavy atom. The van der Waals surface area contributed by atoms with Gasteiger partial charge >= 0.3 is 0 Å². The van der Waals surface area contributed by atoms with Gasteiger partial charge in [0.2, 0.25) is 0 Å².